The number of ether oxygens (including phenoxy) is 1. The zero-order valence-corrected chi connectivity index (χ0v) is 26.4. The summed E-state index contributed by atoms with van der Waals surface area (Å²) in [6.07, 6.45) is -0.631. The molecule has 0 spiro atoms. The standard InChI is InChI=1S/C26H16Br6O/c27-17-5-1-3-15(11-17)25(21-9-7-19(29)13-23(21)31)33-26(16-4-2-6-18(28)12-16)22-10-8-20(30)14-24(22)32/h1-14,25-26H. The van der Waals surface area contributed by atoms with Gasteiger partial charge in [-0.05, 0) is 70.8 Å². The molecule has 0 aliphatic heterocycles. The quantitative estimate of drug-likeness (QED) is 0.188. The van der Waals surface area contributed by atoms with E-state index in [1.165, 1.54) is 0 Å². The van der Waals surface area contributed by atoms with Crippen LogP contribution in [0, 0.1) is 0 Å². The van der Waals surface area contributed by atoms with Crippen molar-refractivity contribution in [2.75, 3.05) is 0 Å². The Labute approximate surface area is 244 Å². The van der Waals surface area contributed by atoms with Crippen LogP contribution in [-0.4, -0.2) is 0 Å². The van der Waals surface area contributed by atoms with E-state index in [1.54, 1.807) is 0 Å². The van der Waals surface area contributed by atoms with Crippen LogP contribution in [0.1, 0.15) is 34.5 Å². The third-order valence-corrected chi connectivity index (χ3v) is 8.41. The highest BCUT2D eigenvalue weighted by atomic mass is 79.9. The highest BCUT2D eigenvalue weighted by Gasteiger charge is 2.26. The van der Waals surface area contributed by atoms with Gasteiger partial charge in [0.2, 0.25) is 0 Å². The Bertz CT molecular complexity index is 1190. The van der Waals surface area contributed by atoms with Gasteiger partial charge in [0.05, 0.1) is 0 Å². The fourth-order valence-electron chi connectivity index (χ4n) is 3.57. The summed E-state index contributed by atoms with van der Waals surface area (Å²) in [5.74, 6) is 0. The molecule has 0 fully saturated rings. The molecule has 4 rings (SSSR count). The molecule has 0 bridgehead atoms. The average molecular weight is 824 g/mol. The lowest BCUT2D eigenvalue weighted by molar-refractivity contribution is 0.0300. The first-order valence-electron chi connectivity index (χ1n) is 9.88. The van der Waals surface area contributed by atoms with Crippen LogP contribution < -0.4 is 0 Å². The molecule has 4 aromatic carbocycles. The van der Waals surface area contributed by atoms with Gasteiger partial charge in [-0.1, -0.05) is 132 Å². The van der Waals surface area contributed by atoms with Gasteiger partial charge in [0.25, 0.3) is 0 Å². The molecule has 0 aliphatic carbocycles. The van der Waals surface area contributed by atoms with E-state index < -0.39 is 0 Å². The molecule has 4 aromatic rings. The SMILES string of the molecule is Brc1cccc(C(OC(c2cccc(Br)c2)c2ccc(Br)cc2Br)c2ccc(Br)cc2Br)c1. The molecule has 1 nitrogen and oxygen atoms in total. The first kappa shape index (κ1) is 25.8. The zero-order valence-electron chi connectivity index (χ0n) is 16.9. The third-order valence-electron chi connectivity index (χ3n) is 5.06. The van der Waals surface area contributed by atoms with Gasteiger partial charge >= 0.3 is 0 Å². The topological polar surface area (TPSA) is 9.23 Å². The van der Waals surface area contributed by atoms with Crippen molar-refractivity contribution in [2.24, 2.45) is 0 Å². The summed E-state index contributed by atoms with van der Waals surface area (Å²) in [4.78, 5) is 0. The van der Waals surface area contributed by atoms with Gasteiger partial charge in [-0.25, -0.2) is 0 Å². The van der Waals surface area contributed by atoms with Crippen molar-refractivity contribution in [2.45, 2.75) is 12.2 Å². The van der Waals surface area contributed by atoms with Crippen molar-refractivity contribution in [1.29, 1.82) is 0 Å². The van der Waals surface area contributed by atoms with Crippen LogP contribution in [0.5, 0.6) is 0 Å². The molecule has 0 radical (unpaired) electrons. The molecule has 0 N–H and O–H groups in total. The van der Waals surface area contributed by atoms with E-state index in [9.17, 15) is 0 Å². The second kappa shape index (κ2) is 11.6. The number of hydrogen-bond donors (Lipinski definition) is 0. The second-order valence-electron chi connectivity index (χ2n) is 7.34. The van der Waals surface area contributed by atoms with E-state index in [1.807, 2.05) is 48.5 Å². The smallest absolute Gasteiger partial charge is 0.110 e. The van der Waals surface area contributed by atoms with Gasteiger partial charge in [0, 0.05) is 26.8 Å². The lowest BCUT2D eigenvalue weighted by Crippen LogP contribution is -2.14. The Morgan fingerprint density at radius 1 is 0.455 bits per heavy atom. The Morgan fingerprint density at radius 3 is 1.21 bits per heavy atom. The van der Waals surface area contributed by atoms with Crippen molar-refractivity contribution in [3.05, 3.63) is 134 Å². The fourth-order valence-corrected chi connectivity index (χ4v) is 6.91. The normalized spacial score (nSPS) is 13.0. The van der Waals surface area contributed by atoms with Crippen molar-refractivity contribution < 1.29 is 4.74 Å². The maximum Gasteiger partial charge on any atom is 0.110 e. The maximum absolute atomic E-state index is 7.01. The van der Waals surface area contributed by atoms with Crippen molar-refractivity contribution >= 4 is 95.6 Å². The Kier molecular flexibility index (Phi) is 9.10. The first-order valence-corrected chi connectivity index (χ1v) is 14.6. The first-order chi connectivity index (χ1) is 15.8. The summed E-state index contributed by atoms with van der Waals surface area (Å²) >= 11 is 21.9. The van der Waals surface area contributed by atoms with Crippen LogP contribution in [0.15, 0.2) is 112 Å². The van der Waals surface area contributed by atoms with E-state index >= 15 is 0 Å². The van der Waals surface area contributed by atoms with Crippen LogP contribution in [0.3, 0.4) is 0 Å². The van der Waals surface area contributed by atoms with Crippen LogP contribution in [0.4, 0.5) is 0 Å². The molecule has 0 saturated carbocycles. The van der Waals surface area contributed by atoms with E-state index in [4.69, 9.17) is 4.74 Å². The predicted molar refractivity (Wildman–Crippen MR) is 157 cm³/mol. The predicted octanol–water partition coefficient (Wildman–Crippen LogP) is 11.2. The van der Waals surface area contributed by atoms with E-state index in [0.717, 1.165) is 49.1 Å². The van der Waals surface area contributed by atoms with Gasteiger partial charge in [-0.2, -0.15) is 0 Å². The number of benzene rings is 4. The second-order valence-corrected chi connectivity index (χ2v) is 12.7. The van der Waals surface area contributed by atoms with Crippen molar-refractivity contribution in [3.8, 4) is 0 Å². The average Bonchev–Trinajstić information content (AvgIpc) is 2.76. The minimum Gasteiger partial charge on any atom is -0.356 e. The van der Waals surface area contributed by atoms with E-state index in [-0.39, 0.29) is 12.2 Å². The summed E-state index contributed by atoms with van der Waals surface area (Å²) in [5, 5.41) is 0. The van der Waals surface area contributed by atoms with Crippen LogP contribution in [0.25, 0.3) is 0 Å². The summed E-state index contributed by atoms with van der Waals surface area (Å²) in [5.41, 5.74) is 4.20. The third kappa shape index (κ3) is 6.49. The van der Waals surface area contributed by atoms with E-state index in [0.29, 0.717) is 0 Å². The molecule has 2 unspecified atom stereocenters. The molecule has 33 heavy (non-hydrogen) atoms. The van der Waals surface area contributed by atoms with Crippen molar-refractivity contribution in [1.82, 2.24) is 0 Å². The monoisotopic (exact) mass is 818 g/mol. The van der Waals surface area contributed by atoms with Gasteiger partial charge in [0.15, 0.2) is 0 Å². The van der Waals surface area contributed by atoms with Crippen LogP contribution >= 0.6 is 95.6 Å². The zero-order chi connectivity index (χ0) is 23.5. The lowest BCUT2D eigenvalue weighted by atomic mass is 9.98. The molecule has 7 heteroatoms. The molecule has 0 heterocycles. The van der Waals surface area contributed by atoms with Gasteiger partial charge in [-0.15, -0.1) is 0 Å². The molecule has 0 saturated heterocycles. The Morgan fingerprint density at radius 2 is 0.848 bits per heavy atom. The highest BCUT2D eigenvalue weighted by molar-refractivity contribution is 9.11. The molecular weight excluding hydrogens is 808 g/mol. The molecular formula is C26H16Br6O. The number of rotatable bonds is 6. The lowest BCUT2D eigenvalue weighted by Gasteiger charge is -2.28. The van der Waals surface area contributed by atoms with Gasteiger partial charge in [-0.3, -0.25) is 0 Å². The number of halogens is 6. The van der Waals surface area contributed by atoms with Crippen LogP contribution in [0.2, 0.25) is 0 Å². The van der Waals surface area contributed by atoms with Crippen molar-refractivity contribution in [3.63, 3.8) is 0 Å². The summed E-state index contributed by atoms with van der Waals surface area (Å²) in [7, 11) is 0. The summed E-state index contributed by atoms with van der Waals surface area (Å²) < 4.78 is 13.0. The van der Waals surface area contributed by atoms with Crippen LogP contribution in [-0.2, 0) is 4.74 Å². The summed E-state index contributed by atoms with van der Waals surface area (Å²) in [6, 6.07) is 28.9. The summed E-state index contributed by atoms with van der Waals surface area (Å²) in [6.45, 7) is 0. The molecule has 168 valence electrons. The Balaban J connectivity index is 1.88. The Hall–Kier alpha value is -0.280. The number of hydrogen-bond acceptors (Lipinski definition) is 1. The molecule has 0 aromatic heterocycles. The minimum atomic E-state index is -0.315. The molecule has 0 aliphatic rings. The molecule has 2 atom stereocenters. The van der Waals surface area contributed by atoms with Gasteiger partial charge in [0.1, 0.15) is 12.2 Å². The highest BCUT2D eigenvalue weighted by Crippen LogP contribution is 2.42. The van der Waals surface area contributed by atoms with E-state index in [2.05, 4.69) is 132 Å². The van der Waals surface area contributed by atoms with Gasteiger partial charge < -0.3 is 4.74 Å². The minimum absolute atomic E-state index is 0.315. The molecule has 0 amide bonds. The maximum atomic E-state index is 7.01. The fraction of sp³-hybridized carbons (Fsp3) is 0.0769. The largest absolute Gasteiger partial charge is 0.356 e.